The van der Waals surface area contributed by atoms with Gasteiger partial charge in [-0.25, -0.2) is 4.79 Å². The maximum Gasteiger partial charge on any atom is 0.317 e. The smallest absolute Gasteiger partial charge is 0.317 e. The molecule has 2 rings (SSSR count). The van der Waals surface area contributed by atoms with E-state index in [0.29, 0.717) is 38.9 Å². The summed E-state index contributed by atoms with van der Waals surface area (Å²) in [7, 11) is 0. The molecule has 2 fully saturated rings. The van der Waals surface area contributed by atoms with Crippen molar-refractivity contribution in [1.29, 1.82) is 0 Å². The van der Waals surface area contributed by atoms with Crippen molar-refractivity contribution in [2.45, 2.75) is 31.7 Å². The third kappa shape index (κ3) is 3.36. The van der Waals surface area contributed by atoms with Gasteiger partial charge in [0.1, 0.15) is 0 Å². The SMILES string of the molecule is O=C1CCN(C(=O)NC2CCCC2C(=O)O)CCN1. The standard InChI is InChI=1S/C12H19N3O4/c16-10-4-6-15(7-5-13-10)12(19)14-9-3-1-2-8(9)11(17)18/h8-9H,1-7H2,(H,13,16)(H,14,19)(H,17,18). The van der Waals surface area contributed by atoms with E-state index in [1.807, 2.05) is 0 Å². The molecule has 2 aliphatic rings. The molecule has 1 aliphatic carbocycles. The van der Waals surface area contributed by atoms with Crippen LogP contribution in [0.4, 0.5) is 4.79 Å². The number of hydrogen-bond donors (Lipinski definition) is 3. The number of nitrogens with one attached hydrogen (secondary N) is 2. The van der Waals surface area contributed by atoms with Crippen LogP contribution in [0.25, 0.3) is 0 Å². The lowest BCUT2D eigenvalue weighted by atomic mass is 10.0. The van der Waals surface area contributed by atoms with Crippen LogP contribution in [-0.4, -0.2) is 53.6 Å². The molecule has 2 unspecified atom stereocenters. The second-order valence-corrected chi connectivity index (χ2v) is 5.02. The Bertz CT molecular complexity index is 385. The maximum absolute atomic E-state index is 12.1. The fourth-order valence-corrected chi connectivity index (χ4v) is 2.65. The number of urea groups is 1. The van der Waals surface area contributed by atoms with Gasteiger partial charge in [-0.15, -0.1) is 0 Å². The lowest BCUT2D eigenvalue weighted by molar-refractivity contribution is -0.142. The zero-order valence-corrected chi connectivity index (χ0v) is 10.7. The summed E-state index contributed by atoms with van der Waals surface area (Å²) in [5.41, 5.74) is 0. The van der Waals surface area contributed by atoms with Crippen molar-refractivity contribution in [3.63, 3.8) is 0 Å². The molecule has 0 aromatic heterocycles. The van der Waals surface area contributed by atoms with Gasteiger partial charge in [0.15, 0.2) is 0 Å². The second kappa shape index (κ2) is 5.90. The van der Waals surface area contributed by atoms with E-state index >= 15 is 0 Å². The molecule has 1 heterocycles. The molecule has 7 heteroatoms. The first kappa shape index (κ1) is 13.6. The minimum Gasteiger partial charge on any atom is -0.481 e. The third-order valence-corrected chi connectivity index (χ3v) is 3.74. The Morgan fingerprint density at radius 1 is 1.32 bits per heavy atom. The molecule has 1 aliphatic heterocycles. The number of nitrogens with zero attached hydrogens (tertiary/aromatic N) is 1. The number of rotatable bonds is 2. The van der Waals surface area contributed by atoms with Crippen LogP contribution in [0.15, 0.2) is 0 Å². The highest BCUT2D eigenvalue weighted by Crippen LogP contribution is 2.25. The zero-order chi connectivity index (χ0) is 13.8. The van der Waals surface area contributed by atoms with Crippen LogP contribution in [0.5, 0.6) is 0 Å². The number of carboxylic acids is 1. The van der Waals surface area contributed by atoms with Gasteiger partial charge >= 0.3 is 12.0 Å². The number of carbonyl (C=O) groups excluding carboxylic acids is 2. The molecular formula is C12H19N3O4. The van der Waals surface area contributed by atoms with Crippen LogP contribution in [-0.2, 0) is 9.59 Å². The Hall–Kier alpha value is -1.79. The fourth-order valence-electron chi connectivity index (χ4n) is 2.65. The minimum absolute atomic E-state index is 0.0559. The molecule has 1 saturated carbocycles. The van der Waals surface area contributed by atoms with Crippen molar-refractivity contribution < 1.29 is 19.5 Å². The molecule has 0 spiro atoms. The average molecular weight is 269 g/mol. The Kier molecular flexibility index (Phi) is 4.24. The maximum atomic E-state index is 12.1. The average Bonchev–Trinajstić information content (AvgIpc) is 2.70. The number of amides is 3. The van der Waals surface area contributed by atoms with E-state index < -0.39 is 11.9 Å². The van der Waals surface area contributed by atoms with Gasteiger partial charge in [-0.2, -0.15) is 0 Å². The van der Waals surface area contributed by atoms with Crippen molar-refractivity contribution >= 4 is 17.9 Å². The van der Waals surface area contributed by atoms with Gasteiger partial charge in [0, 0.05) is 32.1 Å². The lowest BCUT2D eigenvalue weighted by Crippen LogP contribution is -2.48. The van der Waals surface area contributed by atoms with Gasteiger partial charge in [-0.1, -0.05) is 6.42 Å². The molecular weight excluding hydrogens is 250 g/mol. The van der Waals surface area contributed by atoms with Gasteiger partial charge in [0.05, 0.1) is 5.92 Å². The predicted molar refractivity (Wildman–Crippen MR) is 66.5 cm³/mol. The van der Waals surface area contributed by atoms with E-state index in [9.17, 15) is 14.4 Å². The number of aliphatic carboxylic acids is 1. The van der Waals surface area contributed by atoms with E-state index in [1.165, 1.54) is 0 Å². The highest BCUT2D eigenvalue weighted by Gasteiger charge is 2.34. The molecule has 0 aromatic carbocycles. The van der Waals surface area contributed by atoms with E-state index in [-0.39, 0.29) is 18.0 Å². The monoisotopic (exact) mass is 269 g/mol. The summed E-state index contributed by atoms with van der Waals surface area (Å²) in [6, 6.07) is -0.563. The molecule has 0 aromatic rings. The highest BCUT2D eigenvalue weighted by atomic mass is 16.4. The van der Waals surface area contributed by atoms with Gasteiger partial charge < -0.3 is 20.6 Å². The van der Waals surface area contributed by atoms with Crippen LogP contribution in [0.2, 0.25) is 0 Å². The fraction of sp³-hybridized carbons (Fsp3) is 0.750. The molecule has 1 saturated heterocycles. The summed E-state index contributed by atoms with van der Waals surface area (Å²) in [4.78, 5) is 35.9. The zero-order valence-electron chi connectivity index (χ0n) is 10.7. The Labute approximate surface area is 111 Å². The van der Waals surface area contributed by atoms with E-state index in [4.69, 9.17) is 5.11 Å². The topological polar surface area (TPSA) is 98.7 Å². The van der Waals surface area contributed by atoms with Crippen LogP contribution in [0, 0.1) is 5.92 Å². The Morgan fingerprint density at radius 2 is 2.11 bits per heavy atom. The van der Waals surface area contributed by atoms with Crippen molar-refractivity contribution in [3.05, 3.63) is 0 Å². The van der Waals surface area contributed by atoms with Crippen LogP contribution in [0.1, 0.15) is 25.7 Å². The first-order chi connectivity index (χ1) is 9.08. The summed E-state index contributed by atoms with van der Waals surface area (Å²) < 4.78 is 0. The number of hydrogen-bond acceptors (Lipinski definition) is 3. The molecule has 2 atom stereocenters. The van der Waals surface area contributed by atoms with Crippen molar-refractivity contribution in [3.8, 4) is 0 Å². The number of carboxylic acid groups (broad SMARTS) is 1. The first-order valence-electron chi connectivity index (χ1n) is 6.63. The van der Waals surface area contributed by atoms with Crippen LogP contribution in [0.3, 0.4) is 0 Å². The van der Waals surface area contributed by atoms with Crippen molar-refractivity contribution in [1.82, 2.24) is 15.5 Å². The Morgan fingerprint density at radius 3 is 2.84 bits per heavy atom. The summed E-state index contributed by atoms with van der Waals surface area (Å²) in [5, 5.41) is 14.6. The molecule has 3 N–H and O–H groups in total. The van der Waals surface area contributed by atoms with E-state index in [1.54, 1.807) is 4.90 Å². The summed E-state index contributed by atoms with van der Waals surface area (Å²) >= 11 is 0. The van der Waals surface area contributed by atoms with Gasteiger partial charge in [0.25, 0.3) is 0 Å². The highest BCUT2D eigenvalue weighted by molar-refractivity contribution is 5.80. The minimum atomic E-state index is -0.851. The molecule has 106 valence electrons. The second-order valence-electron chi connectivity index (χ2n) is 5.02. The van der Waals surface area contributed by atoms with E-state index in [2.05, 4.69) is 10.6 Å². The summed E-state index contributed by atoms with van der Waals surface area (Å²) in [6.07, 6.45) is 2.43. The number of carbonyl (C=O) groups is 3. The summed E-state index contributed by atoms with van der Waals surface area (Å²) in [5.74, 6) is -1.40. The van der Waals surface area contributed by atoms with Crippen molar-refractivity contribution in [2.24, 2.45) is 5.92 Å². The molecule has 3 amide bonds. The molecule has 7 nitrogen and oxygen atoms in total. The van der Waals surface area contributed by atoms with Crippen LogP contribution >= 0.6 is 0 Å². The predicted octanol–water partition coefficient (Wildman–Crippen LogP) is -0.229. The van der Waals surface area contributed by atoms with Crippen molar-refractivity contribution in [2.75, 3.05) is 19.6 Å². The molecule has 0 radical (unpaired) electrons. The third-order valence-electron chi connectivity index (χ3n) is 3.74. The Balaban J connectivity index is 1.89. The van der Waals surface area contributed by atoms with Gasteiger partial charge in [-0.05, 0) is 12.8 Å². The molecule has 19 heavy (non-hydrogen) atoms. The normalized spacial score (nSPS) is 27.6. The van der Waals surface area contributed by atoms with Gasteiger partial charge in [-0.3, -0.25) is 9.59 Å². The summed E-state index contributed by atoms with van der Waals surface area (Å²) in [6.45, 7) is 1.28. The lowest BCUT2D eigenvalue weighted by Gasteiger charge is -2.24. The quantitative estimate of drug-likeness (QED) is 0.645. The molecule has 0 bridgehead atoms. The van der Waals surface area contributed by atoms with E-state index in [0.717, 1.165) is 6.42 Å². The van der Waals surface area contributed by atoms with Crippen LogP contribution < -0.4 is 10.6 Å². The van der Waals surface area contributed by atoms with Gasteiger partial charge in [0.2, 0.25) is 5.91 Å². The first-order valence-corrected chi connectivity index (χ1v) is 6.63. The largest absolute Gasteiger partial charge is 0.481 e.